The Morgan fingerprint density at radius 2 is 2.38 bits per heavy atom. The Morgan fingerprint density at radius 3 is 3.10 bits per heavy atom. The van der Waals surface area contributed by atoms with E-state index in [0.717, 1.165) is 15.6 Å². The summed E-state index contributed by atoms with van der Waals surface area (Å²) in [5, 5.41) is 14.3. The van der Waals surface area contributed by atoms with Crippen LogP contribution in [0.2, 0.25) is 0 Å². The number of hydrogen-bond acceptors (Lipinski definition) is 6. The molecular formula is C13H13N5OS2. The van der Waals surface area contributed by atoms with Crippen LogP contribution < -0.4 is 5.32 Å². The maximum Gasteiger partial charge on any atom is 0.226 e. The number of carbonyl (C=O) groups is 1. The smallest absolute Gasteiger partial charge is 0.226 e. The molecule has 0 aliphatic rings. The number of H-pyrrole nitrogens is 1. The lowest BCUT2D eigenvalue weighted by molar-refractivity contribution is -0.121. The van der Waals surface area contributed by atoms with Gasteiger partial charge in [-0.25, -0.2) is 9.97 Å². The summed E-state index contributed by atoms with van der Waals surface area (Å²) in [5.74, 6) is 0.558. The molecule has 3 heterocycles. The first-order valence-electron chi connectivity index (χ1n) is 6.35. The van der Waals surface area contributed by atoms with E-state index in [4.69, 9.17) is 0 Å². The quantitative estimate of drug-likeness (QED) is 0.756. The molecule has 108 valence electrons. The molecule has 0 saturated carbocycles. The molecule has 0 aromatic carbocycles. The van der Waals surface area contributed by atoms with Gasteiger partial charge in [0.15, 0.2) is 0 Å². The third kappa shape index (κ3) is 3.34. The van der Waals surface area contributed by atoms with E-state index in [2.05, 4.69) is 25.5 Å². The third-order valence-corrected chi connectivity index (χ3v) is 4.78. The average molecular weight is 319 g/mol. The highest BCUT2D eigenvalue weighted by atomic mass is 32.1. The van der Waals surface area contributed by atoms with Gasteiger partial charge in [-0.2, -0.15) is 5.10 Å². The van der Waals surface area contributed by atoms with Gasteiger partial charge in [0.25, 0.3) is 0 Å². The SMILES string of the molecule is CC(NC(=O)Cc1csc(-c2cccs2)n1)c1ncn[nH]1. The van der Waals surface area contributed by atoms with Gasteiger partial charge < -0.3 is 5.32 Å². The zero-order valence-corrected chi connectivity index (χ0v) is 12.9. The van der Waals surface area contributed by atoms with E-state index >= 15 is 0 Å². The second kappa shape index (κ2) is 6.15. The molecule has 0 aliphatic carbocycles. The van der Waals surface area contributed by atoms with E-state index < -0.39 is 0 Å². The first-order chi connectivity index (χ1) is 10.2. The Kier molecular flexibility index (Phi) is 4.07. The molecule has 3 rings (SSSR count). The second-order valence-electron chi connectivity index (χ2n) is 4.46. The zero-order chi connectivity index (χ0) is 14.7. The van der Waals surface area contributed by atoms with Crippen molar-refractivity contribution in [1.82, 2.24) is 25.5 Å². The molecule has 2 N–H and O–H groups in total. The van der Waals surface area contributed by atoms with Crippen molar-refractivity contribution in [3.63, 3.8) is 0 Å². The number of amides is 1. The Bertz CT molecular complexity index is 705. The van der Waals surface area contributed by atoms with Crippen molar-refractivity contribution in [2.75, 3.05) is 0 Å². The fourth-order valence-corrected chi connectivity index (χ4v) is 3.48. The molecule has 0 radical (unpaired) electrons. The minimum atomic E-state index is -0.199. The summed E-state index contributed by atoms with van der Waals surface area (Å²) < 4.78 is 0. The van der Waals surface area contributed by atoms with Crippen LogP contribution in [0.15, 0.2) is 29.2 Å². The van der Waals surface area contributed by atoms with Crippen molar-refractivity contribution in [3.8, 4) is 9.88 Å². The monoisotopic (exact) mass is 319 g/mol. The number of carbonyl (C=O) groups excluding carboxylic acids is 1. The molecule has 0 saturated heterocycles. The van der Waals surface area contributed by atoms with Crippen LogP contribution in [-0.2, 0) is 11.2 Å². The van der Waals surface area contributed by atoms with E-state index in [-0.39, 0.29) is 18.4 Å². The molecule has 0 bridgehead atoms. The molecule has 3 aromatic rings. The minimum absolute atomic E-state index is 0.0815. The molecule has 1 unspecified atom stereocenters. The lowest BCUT2D eigenvalue weighted by atomic mass is 10.2. The maximum absolute atomic E-state index is 12.0. The lowest BCUT2D eigenvalue weighted by Gasteiger charge is -2.09. The van der Waals surface area contributed by atoms with Crippen LogP contribution in [0.4, 0.5) is 0 Å². The number of rotatable bonds is 5. The van der Waals surface area contributed by atoms with E-state index in [9.17, 15) is 4.79 Å². The van der Waals surface area contributed by atoms with Crippen LogP contribution in [0.3, 0.4) is 0 Å². The minimum Gasteiger partial charge on any atom is -0.346 e. The Morgan fingerprint density at radius 1 is 1.48 bits per heavy atom. The largest absolute Gasteiger partial charge is 0.346 e. The molecule has 0 spiro atoms. The Balaban J connectivity index is 1.60. The Hall–Kier alpha value is -2.06. The number of hydrogen-bond donors (Lipinski definition) is 2. The molecule has 6 nitrogen and oxygen atoms in total. The van der Waals surface area contributed by atoms with Gasteiger partial charge >= 0.3 is 0 Å². The van der Waals surface area contributed by atoms with Crippen molar-refractivity contribution < 1.29 is 4.79 Å². The molecule has 0 aliphatic heterocycles. The van der Waals surface area contributed by atoms with Crippen molar-refractivity contribution >= 4 is 28.6 Å². The van der Waals surface area contributed by atoms with E-state index in [1.165, 1.54) is 6.33 Å². The number of nitrogens with one attached hydrogen (secondary N) is 2. The molecular weight excluding hydrogens is 306 g/mol. The molecule has 1 amide bonds. The number of nitrogens with zero attached hydrogens (tertiary/aromatic N) is 3. The van der Waals surface area contributed by atoms with Crippen molar-refractivity contribution in [2.24, 2.45) is 0 Å². The zero-order valence-electron chi connectivity index (χ0n) is 11.2. The third-order valence-electron chi connectivity index (χ3n) is 2.85. The predicted octanol–water partition coefficient (Wildman–Crippen LogP) is 2.41. The van der Waals surface area contributed by atoms with Gasteiger partial charge in [-0.05, 0) is 18.4 Å². The van der Waals surface area contributed by atoms with Crippen LogP contribution in [0, 0.1) is 0 Å². The lowest BCUT2D eigenvalue weighted by Crippen LogP contribution is -2.28. The summed E-state index contributed by atoms with van der Waals surface area (Å²) in [7, 11) is 0. The first kappa shape index (κ1) is 13.9. The number of thiophene rings is 1. The highest BCUT2D eigenvalue weighted by molar-refractivity contribution is 7.20. The van der Waals surface area contributed by atoms with Crippen LogP contribution in [0.5, 0.6) is 0 Å². The molecule has 3 aromatic heterocycles. The average Bonchev–Trinajstić information content (AvgIpc) is 3.21. The van der Waals surface area contributed by atoms with Crippen LogP contribution in [0.25, 0.3) is 9.88 Å². The van der Waals surface area contributed by atoms with Crippen molar-refractivity contribution in [1.29, 1.82) is 0 Å². The molecule has 0 fully saturated rings. The van der Waals surface area contributed by atoms with E-state index in [1.807, 2.05) is 29.8 Å². The van der Waals surface area contributed by atoms with Crippen LogP contribution in [-0.4, -0.2) is 26.1 Å². The second-order valence-corrected chi connectivity index (χ2v) is 6.26. The van der Waals surface area contributed by atoms with Crippen molar-refractivity contribution in [2.45, 2.75) is 19.4 Å². The van der Waals surface area contributed by atoms with Gasteiger partial charge in [-0.3, -0.25) is 9.89 Å². The van der Waals surface area contributed by atoms with Gasteiger partial charge in [-0.1, -0.05) is 6.07 Å². The molecule has 8 heteroatoms. The topological polar surface area (TPSA) is 83.6 Å². The fraction of sp³-hybridized carbons (Fsp3) is 0.231. The van der Waals surface area contributed by atoms with Gasteiger partial charge in [0, 0.05) is 5.38 Å². The number of thiazole rings is 1. The maximum atomic E-state index is 12.0. The first-order valence-corrected chi connectivity index (χ1v) is 8.11. The summed E-state index contributed by atoms with van der Waals surface area (Å²) in [6.45, 7) is 1.86. The normalized spacial score (nSPS) is 12.2. The van der Waals surface area contributed by atoms with Crippen LogP contribution in [0.1, 0.15) is 24.5 Å². The molecule has 21 heavy (non-hydrogen) atoms. The number of aromatic nitrogens is 4. The Labute approximate surface area is 129 Å². The van der Waals surface area contributed by atoms with Gasteiger partial charge in [0.2, 0.25) is 5.91 Å². The van der Waals surface area contributed by atoms with E-state index in [1.54, 1.807) is 22.7 Å². The highest BCUT2D eigenvalue weighted by Gasteiger charge is 2.14. The summed E-state index contributed by atoms with van der Waals surface area (Å²) in [4.78, 5) is 21.7. The molecule has 1 atom stereocenters. The van der Waals surface area contributed by atoms with Crippen molar-refractivity contribution in [3.05, 3.63) is 40.7 Å². The van der Waals surface area contributed by atoms with Crippen LogP contribution >= 0.6 is 22.7 Å². The van der Waals surface area contributed by atoms with Gasteiger partial charge in [0.05, 0.1) is 23.0 Å². The fourth-order valence-electron chi connectivity index (χ4n) is 1.85. The van der Waals surface area contributed by atoms with Gasteiger partial charge in [0.1, 0.15) is 17.2 Å². The summed E-state index contributed by atoms with van der Waals surface area (Å²) in [6, 6.07) is 3.82. The highest BCUT2D eigenvalue weighted by Crippen LogP contribution is 2.27. The predicted molar refractivity (Wildman–Crippen MR) is 82.1 cm³/mol. The summed E-state index contributed by atoms with van der Waals surface area (Å²) >= 11 is 3.20. The van der Waals surface area contributed by atoms with Gasteiger partial charge in [-0.15, -0.1) is 22.7 Å². The standard InChI is InChI=1S/C13H13N5OS2/c1-8(12-14-7-15-18-12)16-11(19)5-9-6-21-13(17-9)10-3-2-4-20-10/h2-4,6-8H,5H2,1H3,(H,16,19)(H,14,15,18). The van der Waals surface area contributed by atoms with E-state index in [0.29, 0.717) is 5.82 Å². The summed E-state index contributed by atoms with van der Waals surface area (Å²) in [5.41, 5.74) is 0.783. The summed E-state index contributed by atoms with van der Waals surface area (Å²) in [6.07, 6.45) is 1.69. The number of aromatic amines is 1.